The van der Waals surface area contributed by atoms with Gasteiger partial charge in [-0.1, -0.05) is 6.07 Å². The molecule has 0 saturated heterocycles. The Kier molecular flexibility index (Phi) is 7.30. The summed E-state index contributed by atoms with van der Waals surface area (Å²) in [5, 5.41) is 6.60. The molecule has 0 aromatic carbocycles. The van der Waals surface area contributed by atoms with E-state index in [0.29, 0.717) is 0 Å². The number of hydrogen-bond donors (Lipinski definition) is 2. The summed E-state index contributed by atoms with van der Waals surface area (Å²) < 4.78 is 7.39. The van der Waals surface area contributed by atoms with Gasteiger partial charge in [0.15, 0.2) is 5.96 Å². The van der Waals surface area contributed by atoms with Crippen LogP contribution in [-0.4, -0.2) is 35.5 Å². The average molecular weight is 453 g/mol. The highest BCUT2D eigenvalue weighted by Crippen LogP contribution is 2.09. The minimum Gasteiger partial charge on any atom is -0.469 e. The lowest BCUT2D eigenvalue weighted by atomic mass is 10.3. The molecule has 3 heterocycles. The monoisotopic (exact) mass is 453 g/mol. The number of aryl methyl sites for hydroxylation is 1. The maximum atomic E-state index is 5.32. The summed E-state index contributed by atoms with van der Waals surface area (Å²) in [7, 11) is 1.77. The molecular formula is C18H24IN5O. The zero-order valence-electron chi connectivity index (χ0n) is 14.5. The third-order valence-corrected chi connectivity index (χ3v) is 3.87. The normalized spacial score (nSPS) is 11.4. The fourth-order valence-electron chi connectivity index (χ4n) is 2.61. The molecular weight excluding hydrogens is 429 g/mol. The molecule has 3 aromatic rings. The Hall–Kier alpha value is -2.03. The van der Waals surface area contributed by atoms with E-state index in [1.54, 1.807) is 13.3 Å². The van der Waals surface area contributed by atoms with E-state index in [2.05, 4.69) is 44.2 Å². The van der Waals surface area contributed by atoms with Gasteiger partial charge in [-0.15, -0.1) is 24.0 Å². The molecule has 0 saturated carbocycles. The molecule has 0 aliphatic heterocycles. The van der Waals surface area contributed by atoms with Crippen molar-refractivity contribution in [3.8, 4) is 0 Å². The van der Waals surface area contributed by atoms with E-state index in [9.17, 15) is 0 Å². The van der Waals surface area contributed by atoms with Gasteiger partial charge in [-0.25, -0.2) is 4.98 Å². The zero-order chi connectivity index (χ0) is 16.8. The summed E-state index contributed by atoms with van der Waals surface area (Å²) in [6, 6.07) is 7.99. The molecule has 3 rings (SSSR count). The average Bonchev–Trinajstić information content (AvgIpc) is 3.23. The number of halogens is 1. The van der Waals surface area contributed by atoms with Crippen molar-refractivity contribution in [1.82, 2.24) is 20.0 Å². The van der Waals surface area contributed by atoms with Crippen molar-refractivity contribution in [3.63, 3.8) is 0 Å². The van der Waals surface area contributed by atoms with Gasteiger partial charge in [-0.05, 0) is 30.7 Å². The lowest BCUT2D eigenvalue weighted by Gasteiger charge is -2.10. The predicted molar refractivity (Wildman–Crippen MR) is 111 cm³/mol. The van der Waals surface area contributed by atoms with Gasteiger partial charge in [0.2, 0.25) is 0 Å². The summed E-state index contributed by atoms with van der Waals surface area (Å²) >= 11 is 0. The van der Waals surface area contributed by atoms with Gasteiger partial charge in [0, 0.05) is 45.4 Å². The van der Waals surface area contributed by atoms with Crippen molar-refractivity contribution < 1.29 is 4.42 Å². The number of imidazole rings is 1. The molecule has 2 N–H and O–H groups in total. The Balaban J connectivity index is 0.00000225. The van der Waals surface area contributed by atoms with Crippen molar-refractivity contribution >= 4 is 35.6 Å². The summed E-state index contributed by atoms with van der Waals surface area (Å²) in [6.07, 6.45) is 7.48. The molecule has 6 nitrogen and oxygen atoms in total. The summed E-state index contributed by atoms with van der Waals surface area (Å²) in [5.74, 6) is 1.76. The largest absolute Gasteiger partial charge is 0.469 e. The van der Waals surface area contributed by atoms with Gasteiger partial charge in [-0.2, -0.15) is 0 Å². The summed E-state index contributed by atoms with van der Waals surface area (Å²) in [4.78, 5) is 8.91. The molecule has 0 unspecified atom stereocenters. The minimum absolute atomic E-state index is 0. The number of guanidine groups is 1. The highest BCUT2D eigenvalue weighted by Gasteiger charge is 2.04. The quantitative estimate of drug-likeness (QED) is 0.342. The molecule has 3 aromatic heterocycles. The number of pyridine rings is 1. The Bertz CT molecular complexity index is 810. The minimum atomic E-state index is 0. The van der Waals surface area contributed by atoms with Crippen LogP contribution in [0.3, 0.4) is 0 Å². The number of fused-ring (bicyclic) bond motifs is 1. The van der Waals surface area contributed by atoms with E-state index in [4.69, 9.17) is 4.42 Å². The number of furan rings is 1. The molecule has 0 fully saturated rings. The smallest absolute Gasteiger partial charge is 0.191 e. The molecule has 0 atom stereocenters. The third-order valence-electron chi connectivity index (χ3n) is 3.87. The number of nitrogens with one attached hydrogen (secondary N) is 2. The second-order valence-corrected chi connectivity index (χ2v) is 5.66. The van der Waals surface area contributed by atoms with E-state index in [0.717, 1.165) is 49.0 Å². The van der Waals surface area contributed by atoms with Crippen molar-refractivity contribution in [1.29, 1.82) is 0 Å². The first-order chi connectivity index (χ1) is 11.8. The maximum absolute atomic E-state index is 5.32. The SMILES string of the molecule is CN=C(NCCc1cn2cccc(C)c2n1)NCCc1ccco1.I. The van der Waals surface area contributed by atoms with Crippen LogP contribution >= 0.6 is 24.0 Å². The molecule has 25 heavy (non-hydrogen) atoms. The molecule has 0 aliphatic rings. The molecule has 134 valence electrons. The first-order valence-corrected chi connectivity index (χ1v) is 8.16. The Morgan fingerprint density at radius 3 is 2.68 bits per heavy atom. The van der Waals surface area contributed by atoms with Crippen LogP contribution in [0.25, 0.3) is 5.65 Å². The molecule has 0 amide bonds. The van der Waals surface area contributed by atoms with Gasteiger partial charge >= 0.3 is 0 Å². The van der Waals surface area contributed by atoms with Gasteiger partial charge in [-0.3, -0.25) is 4.99 Å². The lowest BCUT2D eigenvalue weighted by molar-refractivity contribution is 0.507. The van der Waals surface area contributed by atoms with Crippen LogP contribution in [0.1, 0.15) is 17.0 Å². The highest BCUT2D eigenvalue weighted by atomic mass is 127. The number of hydrogen-bond acceptors (Lipinski definition) is 3. The third kappa shape index (κ3) is 5.22. The zero-order valence-corrected chi connectivity index (χ0v) is 16.9. The van der Waals surface area contributed by atoms with E-state index >= 15 is 0 Å². The van der Waals surface area contributed by atoms with Crippen LogP contribution in [0.4, 0.5) is 0 Å². The molecule has 7 heteroatoms. The van der Waals surface area contributed by atoms with Crippen molar-refractivity contribution in [3.05, 3.63) is 59.9 Å². The van der Waals surface area contributed by atoms with Crippen LogP contribution in [0, 0.1) is 6.92 Å². The summed E-state index contributed by atoms with van der Waals surface area (Å²) in [5.41, 5.74) is 3.28. The predicted octanol–water partition coefficient (Wildman–Crippen LogP) is 2.80. The lowest BCUT2D eigenvalue weighted by Crippen LogP contribution is -2.39. The fraction of sp³-hybridized carbons (Fsp3) is 0.333. The van der Waals surface area contributed by atoms with Crippen LogP contribution in [0.5, 0.6) is 0 Å². The van der Waals surface area contributed by atoms with Crippen LogP contribution in [-0.2, 0) is 12.8 Å². The molecule has 0 bridgehead atoms. The Morgan fingerprint density at radius 1 is 1.20 bits per heavy atom. The second-order valence-electron chi connectivity index (χ2n) is 5.66. The van der Waals surface area contributed by atoms with Crippen molar-refractivity contribution in [2.24, 2.45) is 4.99 Å². The topological polar surface area (TPSA) is 66.9 Å². The Morgan fingerprint density at radius 2 is 2.00 bits per heavy atom. The number of nitrogens with zero attached hydrogens (tertiary/aromatic N) is 3. The van der Waals surface area contributed by atoms with E-state index < -0.39 is 0 Å². The van der Waals surface area contributed by atoms with Gasteiger partial charge in [0.05, 0.1) is 12.0 Å². The fourth-order valence-corrected chi connectivity index (χ4v) is 2.61. The molecule has 0 radical (unpaired) electrons. The number of aliphatic imine (C=N–C) groups is 1. The highest BCUT2D eigenvalue weighted by molar-refractivity contribution is 14.0. The Labute approximate surface area is 164 Å². The van der Waals surface area contributed by atoms with Crippen molar-refractivity contribution in [2.75, 3.05) is 20.1 Å². The van der Waals surface area contributed by atoms with Gasteiger partial charge < -0.3 is 19.5 Å². The van der Waals surface area contributed by atoms with E-state index in [1.807, 2.05) is 24.4 Å². The van der Waals surface area contributed by atoms with Gasteiger partial charge in [0.25, 0.3) is 0 Å². The number of aromatic nitrogens is 2. The first kappa shape index (κ1) is 19.3. The molecule has 0 spiro atoms. The van der Waals surface area contributed by atoms with E-state index in [-0.39, 0.29) is 24.0 Å². The summed E-state index contributed by atoms with van der Waals surface area (Å²) in [6.45, 7) is 3.64. The van der Waals surface area contributed by atoms with Crippen LogP contribution < -0.4 is 10.6 Å². The van der Waals surface area contributed by atoms with Crippen molar-refractivity contribution in [2.45, 2.75) is 19.8 Å². The standard InChI is InChI=1S/C18H23N5O.HI/c1-14-5-3-11-23-13-15(22-17(14)23)7-9-20-18(19-2)21-10-8-16-6-4-12-24-16;/h3-6,11-13H,7-10H2,1-2H3,(H2,19,20,21);1H. The van der Waals surface area contributed by atoms with Crippen LogP contribution in [0.15, 0.2) is 52.3 Å². The van der Waals surface area contributed by atoms with E-state index in [1.165, 1.54) is 5.56 Å². The maximum Gasteiger partial charge on any atom is 0.191 e. The number of rotatable bonds is 6. The van der Waals surface area contributed by atoms with Gasteiger partial charge in [0.1, 0.15) is 11.4 Å². The molecule has 0 aliphatic carbocycles. The first-order valence-electron chi connectivity index (χ1n) is 8.16. The van der Waals surface area contributed by atoms with Crippen LogP contribution in [0.2, 0.25) is 0 Å². The second kappa shape index (κ2) is 9.45.